The Morgan fingerprint density at radius 3 is 3.08 bits per heavy atom. The van der Waals surface area contributed by atoms with Gasteiger partial charge in [-0.15, -0.1) is 4.52 Å². The number of imidazole rings is 1. The fraction of sp³-hybridized carbons (Fsp3) is 0. The van der Waals surface area contributed by atoms with Crippen molar-refractivity contribution in [1.82, 2.24) is 14.6 Å². The van der Waals surface area contributed by atoms with E-state index in [2.05, 4.69) is 14.9 Å². The van der Waals surface area contributed by atoms with Crippen LogP contribution in [0.25, 0.3) is 10.5 Å². The SMILES string of the molecule is [C-]#[N+]c1cnc2ccc(C=O)nn12. The molecule has 2 rings (SSSR count). The van der Waals surface area contributed by atoms with E-state index in [0.717, 1.165) is 0 Å². The van der Waals surface area contributed by atoms with E-state index < -0.39 is 0 Å². The maximum absolute atomic E-state index is 10.4. The van der Waals surface area contributed by atoms with Gasteiger partial charge in [0.2, 0.25) is 5.65 Å². The first-order chi connectivity index (χ1) is 6.35. The summed E-state index contributed by atoms with van der Waals surface area (Å²) in [5, 5.41) is 3.90. The first kappa shape index (κ1) is 7.43. The third-order valence-electron chi connectivity index (χ3n) is 1.60. The molecule has 0 fully saturated rings. The zero-order chi connectivity index (χ0) is 9.26. The van der Waals surface area contributed by atoms with E-state index in [4.69, 9.17) is 6.57 Å². The lowest BCUT2D eigenvalue weighted by atomic mass is 10.4. The van der Waals surface area contributed by atoms with Crippen LogP contribution < -0.4 is 0 Å². The zero-order valence-electron chi connectivity index (χ0n) is 6.51. The first-order valence-corrected chi connectivity index (χ1v) is 3.52. The van der Waals surface area contributed by atoms with Crippen molar-refractivity contribution in [2.75, 3.05) is 0 Å². The second-order valence-electron chi connectivity index (χ2n) is 2.37. The van der Waals surface area contributed by atoms with Crippen LogP contribution in [0, 0.1) is 6.57 Å². The van der Waals surface area contributed by atoms with Gasteiger partial charge >= 0.3 is 0 Å². The molecule has 62 valence electrons. The van der Waals surface area contributed by atoms with Crippen LogP contribution in [0.15, 0.2) is 18.3 Å². The molecule has 0 aliphatic carbocycles. The highest BCUT2D eigenvalue weighted by Gasteiger charge is 2.06. The van der Waals surface area contributed by atoms with Crippen molar-refractivity contribution in [2.45, 2.75) is 0 Å². The van der Waals surface area contributed by atoms with Crippen LogP contribution in [-0.4, -0.2) is 20.9 Å². The van der Waals surface area contributed by atoms with E-state index in [1.165, 1.54) is 10.7 Å². The topological polar surface area (TPSA) is 51.6 Å². The summed E-state index contributed by atoms with van der Waals surface area (Å²) >= 11 is 0. The van der Waals surface area contributed by atoms with Crippen molar-refractivity contribution in [3.63, 3.8) is 0 Å². The molecule has 0 aliphatic rings. The Hall–Kier alpha value is -2.22. The van der Waals surface area contributed by atoms with Gasteiger partial charge in [0.15, 0.2) is 6.29 Å². The van der Waals surface area contributed by atoms with Crippen LogP contribution in [0.3, 0.4) is 0 Å². The van der Waals surface area contributed by atoms with E-state index in [0.29, 0.717) is 17.8 Å². The molecular weight excluding hydrogens is 168 g/mol. The van der Waals surface area contributed by atoms with Gasteiger partial charge < -0.3 is 4.85 Å². The minimum atomic E-state index is 0.287. The third kappa shape index (κ3) is 1.05. The molecule has 0 aliphatic heterocycles. The fourth-order valence-electron chi connectivity index (χ4n) is 1.01. The van der Waals surface area contributed by atoms with E-state index in [9.17, 15) is 4.79 Å². The van der Waals surface area contributed by atoms with Crippen molar-refractivity contribution in [3.8, 4) is 0 Å². The van der Waals surface area contributed by atoms with Gasteiger partial charge in [-0.25, -0.2) is 4.98 Å². The van der Waals surface area contributed by atoms with Gasteiger partial charge in [0.1, 0.15) is 5.69 Å². The second-order valence-corrected chi connectivity index (χ2v) is 2.37. The number of rotatable bonds is 1. The summed E-state index contributed by atoms with van der Waals surface area (Å²) in [6.07, 6.45) is 2.05. The molecule has 2 aromatic rings. The molecule has 0 spiro atoms. The first-order valence-electron chi connectivity index (χ1n) is 3.52. The molecule has 0 N–H and O–H groups in total. The molecule has 5 heteroatoms. The predicted octanol–water partition coefficient (Wildman–Crippen LogP) is 1.09. The van der Waals surface area contributed by atoms with E-state index in [1.807, 2.05) is 0 Å². The highest BCUT2D eigenvalue weighted by Crippen LogP contribution is 2.12. The Morgan fingerprint density at radius 2 is 2.38 bits per heavy atom. The molecule has 13 heavy (non-hydrogen) atoms. The summed E-state index contributed by atoms with van der Waals surface area (Å²) in [6, 6.07) is 3.20. The summed E-state index contributed by atoms with van der Waals surface area (Å²) in [6.45, 7) is 6.81. The number of hydrogen-bond acceptors (Lipinski definition) is 3. The Morgan fingerprint density at radius 1 is 1.54 bits per heavy atom. The molecule has 2 heterocycles. The Labute approximate surface area is 73.5 Å². The molecule has 2 aromatic heterocycles. The largest absolute Gasteiger partial charge is 0.360 e. The lowest BCUT2D eigenvalue weighted by Crippen LogP contribution is -1.95. The molecule has 0 bridgehead atoms. The van der Waals surface area contributed by atoms with Crippen LogP contribution in [0.2, 0.25) is 0 Å². The zero-order valence-corrected chi connectivity index (χ0v) is 6.51. The van der Waals surface area contributed by atoms with E-state index in [-0.39, 0.29) is 5.69 Å². The van der Waals surface area contributed by atoms with Crippen molar-refractivity contribution in [2.24, 2.45) is 0 Å². The van der Waals surface area contributed by atoms with Crippen LogP contribution in [-0.2, 0) is 0 Å². The van der Waals surface area contributed by atoms with Gasteiger partial charge in [0.05, 0.1) is 6.20 Å². The Balaban J connectivity index is 2.80. The lowest BCUT2D eigenvalue weighted by molar-refractivity contribution is 0.111. The highest BCUT2D eigenvalue weighted by atomic mass is 16.1. The Kier molecular flexibility index (Phi) is 1.53. The van der Waals surface area contributed by atoms with Crippen LogP contribution in [0.1, 0.15) is 10.5 Å². The van der Waals surface area contributed by atoms with Gasteiger partial charge in [-0.2, -0.15) is 0 Å². The minimum Gasteiger partial charge on any atom is -0.360 e. The Bertz CT molecular complexity index is 508. The molecule has 0 radical (unpaired) electrons. The number of hydrogen-bond donors (Lipinski definition) is 0. The van der Waals surface area contributed by atoms with Gasteiger partial charge in [0.25, 0.3) is 5.82 Å². The summed E-state index contributed by atoms with van der Waals surface area (Å²) in [5.74, 6) is 0.304. The highest BCUT2D eigenvalue weighted by molar-refractivity contribution is 5.72. The summed E-state index contributed by atoms with van der Waals surface area (Å²) in [5.41, 5.74) is 0.854. The smallest absolute Gasteiger partial charge is 0.275 e. The predicted molar refractivity (Wildman–Crippen MR) is 44.6 cm³/mol. The maximum Gasteiger partial charge on any atom is 0.275 e. The van der Waals surface area contributed by atoms with Crippen LogP contribution in [0.5, 0.6) is 0 Å². The number of carbonyl (C=O) groups excluding carboxylic acids is 1. The average molecular weight is 172 g/mol. The summed E-state index contributed by atoms with van der Waals surface area (Å²) < 4.78 is 1.34. The van der Waals surface area contributed by atoms with Gasteiger partial charge in [-0.3, -0.25) is 4.79 Å². The van der Waals surface area contributed by atoms with E-state index in [1.54, 1.807) is 12.1 Å². The maximum atomic E-state index is 10.4. The van der Waals surface area contributed by atoms with Crippen molar-refractivity contribution in [1.29, 1.82) is 0 Å². The molecule has 5 nitrogen and oxygen atoms in total. The van der Waals surface area contributed by atoms with Crippen LogP contribution >= 0.6 is 0 Å². The molecule has 0 unspecified atom stereocenters. The molecule has 0 amide bonds. The number of aromatic nitrogens is 3. The summed E-state index contributed by atoms with van der Waals surface area (Å²) in [4.78, 5) is 17.5. The third-order valence-corrected chi connectivity index (χ3v) is 1.60. The normalized spacial score (nSPS) is 9.77. The molecule has 0 saturated carbocycles. The number of carbonyl (C=O) groups is 1. The van der Waals surface area contributed by atoms with Gasteiger partial charge in [-0.05, 0) is 6.07 Å². The standard InChI is InChI=1S/C8H4N4O/c1-9-8-4-10-7-3-2-6(5-13)11-12(7)8/h2-5H. The van der Waals surface area contributed by atoms with Gasteiger partial charge in [-0.1, -0.05) is 11.7 Å². The summed E-state index contributed by atoms with van der Waals surface area (Å²) in [7, 11) is 0. The van der Waals surface area contributed by atoms with Gasteiger partial charge in [0, 0.05) is 6.07 Å². The van der Waals surface area contributed by atoms with Crippen molar-refractivity contribution in [3.05, 3.63) is 35.4 Å². The quantitative estimate of drug-likeness (QED) is 0.478. The number of fused-ring (bicyclic) bond motifs is 1. The second kappa shape index (κ2) is 2.68. The molecule has 0 atom stereocenters. The minimum absolute atomic E-state index is 0.287. The lowest BCUT2D eigenvalue weighted by Gasteiger charge is -1.89. The molecule has 0 saturated heterocycles. The average Bonchev–Trinajstić information content (AvgIpc) is 2.59. The fourth-order valence-corrected chi connectivity index (χ4v) is 1.01. The van der Waals surface area contributed by atoms with Crippen molar-refractivity contribution >= 4 is 17.8 Å². The molecular formula is C8H4N4O. The van der Waals surface area contributed by atoms with E-state index >= 15 is 0 Å². The molecule has 0 aromatic carbocycles. The number of aldehydes is 1. The van der Waals surface area contributed by atoms with Crippen molar-refractivity contribution < 1.29 is 4.79 Å². The van der Waals surface area contributed by atoms with Crippen LogP contribution in [0.4, 0.5) is 5.82 Å². The number of nitrogens with zero attached hydrogens (tertiary/aromatic N) is 4. The monoisotopic (exact) mass is 172 g/mol.